The molecular weight excluding hydrogens is 295 g/mol. The molecule has 0 bridgehead atoms. The molecule has 1 atom stereocenters. The molecule has 4 nitrogen and oxygen atoms in total. The molecule has 2 heterocycles. The summed E-state index contributed by atoms with van der Waals surface area (Å²) in [6, 6.07) is 1.71. The minimum absolute atomic E-state index is 0.0538. The largest absolute Gasteiger partial charge is 0.354 e. The second kappa shape index (κ2) is 5.23. The van der Waals surface area contributed by atoms with E-state index in [-0.39, 0.29) is 17.5 Å². The maximum atomic E-state index is 11.5. The average Bonchev–Trinajstić information content (AvgIpc) is 2.68. The van der Waals surface area contributed by atoms with E-state index in [1.165, 1.54) is 0 Å². The highest BCUT2D eigenvalue weighted by Crippen LogP contribution is 2.28. The number of sulfone groups is 1. The summed E-state index contributed by atoms with van der Waals surface area (Å²) in [4.78, 5) is 6.09. The van der Waals surface area contributed by atoms with E-state index in [1.54, 1.807) is 12.3 Å². The summed E-state index contributed by atoms with van der Waals surface area (Å²) >= 11 is 11.8. The number of anilines is 1. The standard InChI is InChI=1S/C11H14Cl2N2O2S/c1-15(9-2-3-18(16,17)7-9)11-10(13)4-8(5-12)6-14-11/h4,6,9H,2-3,5,7H2,1H3. The number of hydrogen-bond acceptors (Lipinski definition) is 4. The normalized spacial score (nSPS) is 22.1. The van der Waals surface area contributed by atoms with Crippen molar-refractivity contribution in [2.24, 2.45) is 0 Å². The molecule has 0 radical (unpaired) electrons. The smallest absolute Gasteiger partial charge is 0.152 e. The van der Waals surface area contributed by atoms with Crippen LogP contribution in [0.4, 0.5) is 5.82 Å². The lowest BCUT2D eigenvalue weighted by Crippen LogP contribution is -2.33. The zero-order chi connectivity index (χ0) is 13.3. The maximum absolute atomic E-state index is 11.5. The molecule has 100 valence electrons. The Balaban J connectivity index is 2.21. The molecule has 1 aliphatic heterocycles. The zero-order valence-corrected chi connectivity index (χ0v) is 12.3. The number of hydrogen-bond donors (Lipinski definition) is 0. The Morgan fingerprint density at radius 1 is 1.56 bits per heavy atom. The average molecular weight is 309 g/mol. The van der Waals surface area contributed by atoms with E-state index in [9.17, 15) is 8.42 Å². The van der Waals surface area contributed by atoms with Gasteiger partial charge in [0.1, 0.15) is 5.82 Å². The van der Waals surface area contributed by atoms with E-state index in [4.69, 9.17) is 23.2 Å². The fourth-order valence-electron chi connectivity index (χ4n) is 2.06. The molecule has 1 saturated heterocycles. The molecule has 0 aliphatic carbocycles. The Bertz CT molecular complexity index is 548. The Morgan fingerprint density at radius 3 is 2.78 bits per heavy atom. The van der Waals surface area contributed by atoms with Crippen LogP contribution >= 0.6 is 23.2 Å². The van der Waals surface area contributed by atoms with Crippen molar-refractivity contribution in [1.29, 1.82) is 0 Å². The van der Waals surface area contributed by atoms with Gasteiger partial charge in [0.2, 0.25) is 0 Å². The van der Waals surface area contributed by atoms with Gasteiger partial charge in [-0.1, -0.05) is 11.6 Å². The number of alkyl halides is 1. The van der Waals surface area contributed by atoms with Gasteiger partial charge in [-0.3, -0.25) is 0 Å². The minimum Gasteiger partial charge on any atom is -0.354 e. The van der Waals surface area contributed by atoms with Crippen LogP contribution in [0.15, 0.2) is 12.3 Å². The summed E-state index contributed by atoms with van der Waals surface area (Å²) in [6.45, 7) is 0. The van der Waals surface area contributed by atoms with Crippen LogP contribution in [0.3, 0.4) is 0 Å². The van der Waals surface area contributed by atoms with Crippen LogP contribution in [-0.2, 0) is 15.7 Å². The number of rotatable bonds is 3. The van der Waals surface area contributed by atoms with Gasteiger partial charge in [-0.15, -0.1) is 11.6 Å². The van der Waals surface area contributed by atoms with Crippen molar-refractivity contribution in [3.05, 3.63) is 22.8 Å². The van der Waals surface area contributed by atoms with Gasteiger partial charge in [0.25, 0.3) is 0 Å². The van der Waals surface area contributed by atoms with Crippen LogP contribution in [0.2, 0.25) is 5.02 Å². The molecule has 1 aromatic rings. The van der Waals surface area contributed by atoms with Crippen LogP contribution in [0.25, 0.3) is 0 Å². The minimum atomic E-state index is -2.91. The predicted octanol–water partition coefficient (Wildman–Crippen LogP) is 2.10. The molecule has 0 aromatic carbocycles. The second-order valence-corrected chi connectivity index (χ2v) is 7.35. The first-order valence-electron chi connectivity index (χ1n) is 5.56. The number of aromatic nitrogens is 1. The molecule has 2 rings (SSSR count). The predicted molar refractivity (Wildman–Crippen MR) is 74.3 cm³/mol. The first-order chi connectivity index (χ1) is 8.43. The highest BCUT2D eigenvalue weighted by Gasteiger charge is 2.31. The summed E-state index contributed by atoms with van der Waals surface area (Å²) in [5, 5.41) is 0.500. The summed E-state index contributed by atoms with van der Waals surface area (Å²) < 4.78 is 22.9. The first kappa shape index (κ1) is 13.9. The van der Waals surface area contributed by atoms with Crippen molar-refractivity contribution in [2.45, 2.75) is 18.3 Å². The third kappa shape index (κ3) is 2.90. The summed E-state index contributed by atoms with van der Waals surface area (Å²) in [5.74, 6) is 1.36. The van der Waals surface area contributed by atoms with E-state index < -0.39 is 9.84 Å². The molecule has 0 amide bonds. The number of pyridine rings is 1. The third-order valence-corrected chi connectivity index (χ3v) is 5.46. The SMILES string of the molecule is CN(c1ncc(CCl)cc1Cl)C1CCS(=O)(=O)C1. The molecule has 0 saturated carbocycles. The van der Waals surface area contributed by atoms with Crippen molar-refractivity contribution in [3.63, 3.8) is 0 Å². The van der Waals surface area contributed by atoms with Crippen LogP contribution in [0, 0.1) is 0 Å². The van der Waals surface area contributed by atoms with E-state index in [0.717, 1.165) is 5.56 Å². The lowest BCUT2D eigenvalue weighted by atomic mass is 10.2. The van der Waals surface area contributed by atoms with Gasteiger partial charge in [-0.05, 0) is 18.1 Å². The molecule has 1 fully saturated rings. The summed E-state index contributed by atoms with van der Waals surface area (Å²) in [7, 11) is -1.09. The molecule has 1 unspecified atom stereocenters. The van der Waals surface area contributed by atoms with Crippen LogP contribution < -0.4 is 4.90 Å². The van der Waals surface area contributed by atoms with Gasteiger partial charge < -0.3 is 4.90 Å². The highest BCUT2D eigenvalue weighted by atomic mass is 35.5. The topological polar surface area (TPSA) is 50.3 Å². The lowest BCUT2D eigenvalue weighted by molar-refractivity contribution is 0.600. The third-order valence-electron chi connectivity index (χ3n) is 3.12. The Morgan fingerprint density at radius 2 is 2.28 bits per heavy atom. The number of halogens is 2. The van der Waals surface area contributed by atoms with Gasteiger partial charge in [0.15, 0.2) is 9.84 Å². The Labute approximate surface area is 117 Å². The lowest BCUT2D eigenvalue weighted by Gasteiger charge is -2.25. The van der Waals surface area contributed by atoms with Gasteiger partial charge in [-0.2, -0.15) is 0 Å². The molecule has 1 aliphatic rings. The Kier molecular flexibility index (Phi) is 4.04. The van der Waals surface area contributed by atoms with Crippen molar-refractivity contribution >= 4 is 38.9 Å². The Hall–Kier alpha value is -0.520. The monoisotopic (exact) mass is 308 g/mol. The van der Waals surface area contributed by atoms with Crippen molar-refractivity contribution in [3.8, 4) is 0 Å². The van der Waals surface area contributed by atoms with Crippen molar-refractivity contribution in [2.75, 3.05) is 23.5 Å². The molecule has 0 N–H and O–H groups in total. The van der Waals surface area contributed by atoms with Gasteiger partial charge >= 0.3 is 0 Å². The zero-order valence-electron chi connectivity index (χ0n) is 9.94. The van der Waals surface area contributed by atoms with Crippen LogP contribution in [-0.4, -0.2) is 38.0 Å². The fraction of sp³-hybridized carbons (Fsp3) is 0.545. The molecule has 1 aromatic heterocycles. The fourth-order valence-corrected chi connectivity index (χ4v) is 4.30. The molecule has 18 heavy (non-hydrogen) atoms. The van der Waals surface area contributed by atoms with E-state index >= 15 is 0 Å². The van der Waals surface area contributed by atoms with E-state index in [1.807, 2.05) is 11.9 Å². The molecular formula is C11H14Cl2N2O2S. The summed E-state index contributed by atoms with van der Waals surface area (Å²) in [6.07, 6.45) is 2.28. The van der Waals surface area contributed by atoms with Crippen molar-refractivity contribution in [1.82, 2.24) is 4.98 Å². The van der Waals surface area contributed by atoms with Crippen molar-refractivity contribution < 1.29 is 8.42 Å². The second-order valence-electron chi connectivity index (χ2n) is 4.45. The maximum Gasteiger partial charge on any atom is 0.152 e. The van der Waals surface area contributed by atoms with Gasteiger partial charge in [0.05, 0.1) is 16.5 Å². The molecule has 0 spiro atoms. The highest BCUT2D eigenvalue weighted by molar-refractivity contribution is 7.91. The molecule has 7 heteroatoms. The first-order valence-corrected chi connectivity index (χ1v) is 8.30. The summed E-state index contributed by atoms with van der Waals surface area (Å²) in [5.41, 5.74) is 0.845. The van der Waals surface area contributed by atoms with Gasteiger partial charge in [-0.25, -0.2) is 13.4 Å². The quantitative estimate of drug-likeness (QED) is 0.802. The van der Waals surface area contributed by atoms with Crippen LogP contribution in [0.1, 0.15) is 12.0 Å². The van der Waals surface area contributed by atoms with Crippen LogP contribution in [0.5, 0.6) is 0 Å². The van der Waals surface area contributed by atoms with E-state index in [2.05, 4.69) is 4.98 Å². The van der Waals surface area contributed by atoms with E-state index in [0.29, 0.717) is 23.1 Å². The number of nitrogens with zero attached hydrogens (tertiary/aromatic N) is 2. The van der Waals surface area contributed by atoms with Gasteiger partial charge in [0, 0.05) is 25.2 Å².